The minimum atomic E-state index is -1.27. The number of carbonyl (C=O) groups is 3. The molecule has 10 nitrogen and oxygen atoms in total. The van der Waals surface area contributed by atoms with Crippen LogP contribution in [0.3, 0.4) is 0 Å². The van der Waals surface area contributed by atoms with Crippen LogP contribution in [0.1, 0.15) is 62.0 Å². The van der Waals surface area contributed by atoms with Crippen LogP contribution in [-0.2, 0) is 16.1 Å². The highest BCUT2D eigenvalue weighted by Gasteiger charge is 2.54. The van der Waals surface area contributed by atoms with Crippen LogP contribution in [0.2, 0.25) is 0 Å². The van der Waals surface area contributed by atoms with Crippen LogP contribution < -0.4 is 5.32 Å². The Morgan fingerprint density at radius 2 is 1.70 bits per heavy atom. The van der Waals surface area contributed by atoms with E-state index < -0.39 is 17.1 Å². The Bertz CT molecular complexity index is 1500. The van der Waals surface area contributed by atoms with Gasteiger partial charge in [0.2, 0.25) is 0 Å². The molecule has 0 saturated carbocycles. The maximum Gasteiger partial charge on any atom is 0.410 e. The highest BCUT2D eigenvalue weighted by Crippen LogP contribution is 2.46. The number of likely N-dealkylation sites (tertiary alicyclic amines) is 2. The van der Waals surface area contributed by atoms with Crippen LogP contribution in [0.15, 0.2) is 60.7 Å². The molecule has 6 rings (SSSR count). The van der Waals surface area contributed by atoms with Gasteiger partial charge in [0, 0.05) is 44.2 Å². The van der Waals surface area contributed by atoms with E-state index in [1.165, 1.54) is 0 Å². The number of rotatable bonds is 6. The molecule has 43 heavy (non-hydrogen) atoms. The van der Waals surface area contributed by atoms with E-state index in [0.717, 1.165) is 49.8 Å². The smallest absolute Gasteiger partial charge is 0.410 e. The lowest BCUT2D eigenvalue weighted by molar-refractivity contribution is -0.154. The summed E-state index contributed by atoms with van der Waals surface area (Å²) < 4.78 is 7.55. The molecule has 1 atom stereocenters. The number of anilines is 1. The molecule has 10 heteroatoms. The Hall–Kier alpha value is -4.18. The molecule has 3 aliphatic heterocycles. The monoisotopic (exact) mass is 585 g/mol. The largest absolute Gasteiger partial charge is 0.465 e. The normalized spacial score (nSPS) is 22.5. The number of piperidine rings is 2. The van der Waals surface area contributed by atoms with Crippen molar-refractivity contribution in [1.29, 1.82) is 0 Å². The van der Waals surface area contributed by atoms with Gasteiger partial charge in [0.15, 0.2) is 11.5 Å². The number of aromatic nitrogens is 2. The van der Waals surface area contributed by atoms with Crippen LogP contribution in [0.4, 0.5) is 10.6 Å². The number of cyclic esters (lactones) is 1. The summed E-state index contributed by atoms with van der Waals surface area (Å²) in [5.41, 5.74) is 1.12. The summed E-state index contributed by atoms with van der Waals surface area (Å²) >= 11 is 0. The molecule has 1 aromatic heterocycles. The van der Waals surface area contributed by atoms with Gasteiger partial charge < -0.3 is 19.3 Å². The Balaban J connectivity index is 1.25. The van der Waals surface area contributed by atoms with E-state index in [4.69, 9.17) is 4.74 Å². The first-order valence-corrected chi connectivity index (χ1v) is 15.1. The van der Waals surface area contributed by atoms with Crippen molar-refractivity contribution in [1.82, 2.24) is 19.4 Å². The molecule has 3 aliphatic rings. The van der Waals surface area contributed by atoms with Crippen molar-refractivity contribution < 1.29 is 24.2 Å². The second kappa shape index (κ2) is 11.5. The van der Waals surface area contributed by atoms with Gasteiger partial charge in [0.1, 0.15) is 11.4 Å². The zero-order valence-electron chi connectivity index (χ0n) is 24.8. The van der Waals surface area contributed by atoms with Gasteiger partial charge in [-0.25, -0.2) is 9.78 Å². The maximum atomic E-state index is 14.2. The van der Waals surface area contributed by atoms with Crippen LogP contribution in [-0.4, -0.2) is 80.2 Å². The molecule has 1 spiro atoms. The van der Waals surface area contributed by atoms with E-state index >= 15 is 0 Å². The van der Waals surface area contributed by atoms with Gasteiger partial charge in [-0.2, -0.15) is 0 Å². The van der Waals surface area contributed by atoms with E-state index in [9.17, 15) is 19.5 Å². The Morgan fingerprint density at radius 3 is 2.33 bits per heavy atom. The van der Waals surface area contributed by atoms with Gasteiger partial charge in [-0.1, -0.05) is 60.7 Å². The number of hydrogen-bond acceptors (Lipinski definition) is 6. The average Bonchev–Trinajstić information content (AvgIpc) is 3.44. The molecule has 3 aromatic rings. The first-order chi connectivity index (χ1) is 20.6. The molecule has 2 aromatic carbocycles. The second-order valence-corrected chi connectivity index (χ2v) is 12.7. The number of esters is 1. The van der Waals surface area contributed by atoms with Crippen molar-refractivity contribution in [3.05, 3.63) is 71.9 Å². The zero-order chi connectivity index (χ0) is 30.2. The Morgan fingerprint density at radius 1 is 1.02 bits per heavy atom. The fraction of sp³-hybridized carbons (Fsp3) is 0.455. The van der Waals surface area contributed by atoms with E-state index in [-0.39, 0.29) is 29.4 Å². The van der Waals surface area contributed by atoms with Gasteiger partial charge >= 0.3 is 12.1 Å². The van der Waals surface area contributed by atoms with Gasteiger partial charge in [-0.05, 0) is 51.6 Å². The summed E-state index contributed by atoms with van der Waals surface area (Å²) in [5.74, 6) is 0.240. The van der Waals surface area contributed by atoms with Gasteiger partial charge in [-0.3, -0.25) is 19.8 Å². The number of carbonyl (C=O) groups excluding carboxylic acids is 2. The number of carboxylic acid groups (broad SMARTS) is 1. The van der Waals surface area contributed by atoms with Gasteiger partial charge in [0.25, 0.3) is 5.91 Å². The van der Waals surface area contributed by atoms with Crippen LogP contribution in [0, 0.1) is 5.41 Å². The van der Waals surface area contributed by atoms with Crippen molar-refractivity contribution >= 4 is 23.8 Å². The van der Waals surface area contributed by atoms with Crippen molar-refractivity contribution in [2.75, 3.05) is 31.5 Å². The second-order valence-electron chi connectivity index (χ2n) is 12.7. The molecular weight excluding hydrogens is 546 g/mol. The summed E-state index contributed by atoms with van der Waals surface area (Å²) in [6, 6.07) is 19.5. The fourth-order valence-corrected chi connectivity index (χ4v) is 7.24. The topological polar surface area (TPSA) is 117 Å². The zero-order valence-corrected chi connectivity index (χ0v) is 24.8. The SMILES string of the molecule is CC1(C)CC2(CCCN(C3CCN(C(=O)c4c(NC(=O)O)nc(-c5ccccc5)n4Cc4ccccc4)CC3)C2)C(=O)O1. The van der Waals surface area contributed by atoms with E-state index in [0.29, 0.717) is 32.0 Å². The quantitative estimate of drug-likeness (QED) is 0.387. The third kappa shape index (κ3) is 5.88. The lowest BCUT2D eigenvalue weighted by Gasteiger charge is -2.44. The highest BCUT2D eigenvalue weighted by atomic mass is 16.6. The van der Waals surface area contributed by atoms with Crippen molar-refractivity contribution in [3.63, 3.8) is 0 Å². The van der Waals surface area contributed by atoms with Crippen molar-refractivity contribution in [2.45, 2.75) is 64.1 Å². The highest BCUT2D eigenvalue weighted by molar-refractivity contribution is 6.01. The first kappa shape index (κ1) is 28.9. The summed E-state index contributed by atoms with van der Waals surface area (Å²) in [6.07, 6.45) is 2.83. The van der Waals surface area contributed by atoms with E-state index in [1.807, 2.05) is 84.0 Å². The lowest BCUT2D eigenvalue weighted by Crippen LogP contribution is -2.53. The van der Waals surface area contributed by atoms with Gasteiger partial charge in [-0.15, -0.1) is 0 Å². The summed E-state index contributed by atoms with van der Waals surface area (Å²) in [7, 11) is 0. The summed E-state index contributed by atoms with van der Waals surface area (Å²) in [6.45, 7) is 7.04. The number of ether oxygens (including phenoxy) is 1. The average molecular weight is 586 g/mol. The van der Waals surface area contributed by atoms with Crippen molar-refractivity contribution in [2.24, 2.45) is 5.41 Å². The number of nitrogens with zero attached hydrogens (tertiary/aromatic N) is 4. The molecule has 2 N–H and O–H groups in total. The lowest BCUT2D eigenvalue weighted by atomic mass is 9.74. The molecule has 3 fully saturated rings. The molecule has 3 saturated heterocycles. The number of hydrogen-bond donors (Lipinski definition) is 2. The van der Waals surface area contributed by atoms with Crippen molar-refractivity contribution in [3.8, 4) is 11.4 Å². The van der Waals surface area contributed by atoms with Crippen LogP contribution >= 0.6 is 0 Å². The molecule has 0 radical (unpaired) electrons. The predicted molar refractivity (Wildman–Crippen MR) is 162 cm³/mol. The molecule has 0 aliphatic carbocycles. The summed E-state index contributed by atoms with van der Waals surface area (Å²) in [5, 5.41) is 12.0. The number of amides is 2. The fourth-order valence-electron chi connectivity index (χ4n) is 7.24. The number of nitrogens with one attached hydrogen (secondary N) is 1. The molecule has 2 amide bonds. The molecule has 226 valence electrons. The number of imidazole rings is 1. The third-order valence-corrected chi connectivity index (χ3v) is 9.05. The minimum absolute atomic E-state index is 0.0368. The van der Waals surface area contributed by atoms with E-state index in [1.54, 1.807) is 0 Å². The molecule has 1 unspecified atom stereocenters. The molecular formula is C33H39N5O5. The first-order valence-electron chi connectivity index (χ1n) is 15.1. The minimum Gasteiger partial charge on any atom is -0.465 e. The number of benzene rings is 2. The Labute approximate surface area is 251 Å². The van der Waals surface area contributed by atoms with Crippen LogP contribution in [0.5, 0.6) is 0 Å². The third-order valence-electron chi connectivity index (χ3n) is 9.05. The standard InChI is InChI=1S/C33H39N5O5/c1-32(2)21-33(30(40)43-32)16-9-17-37(22-33)25-14-18-36(19-15-25)29(39)26-27(35-31(41)42)34-28(24-12-7-4-8-13-24)38(26)20-23-10-5-3-6-11-23/h3-8,10-13,25,35H,9,14-22H2,1-2H3,(H,41,42). The van der Waals surface area contributed by atoms with Gasteiger partial charge in [0.05, 0.1) is 5.41 Å². The van der Waals surface area contributed by atoms with E-state index in [2.05, 4.69) is 15.2 Å². The van der Waals surface area contributed by atoms with Crippen LogP contribution in [0.25, 0.3) is 11.4 Å². The maximum absolute atomic E-state index is 14.2. The molecule has 4 heterocycles. The summed E-state index contributed by atoms with van der Waals surface area (Å²) in [4.78, 5) is 47.8. The predicted octanol–water partition coefficient (Wildman–Crippen LogP) is 5.10. The Kier molecular flexibility index (Phi) is 7.72. The molecule has 0 bridgehead atoms.